The Balaban J connectivity index is 0.00000220. The number of carbonyl (C=O) groups excluding carboxylic acids is 1. The van der Waals surface area contributed by atoms with Crippen molar-refractivity contribution in [3.05, 3.63) is 35.9 Å². The fourth-order valence-corrected chi connectivity index (χ4v) is 2.90. The number of halogens is 1. The normalized spacial score (nSPS) is 23.0. The molecular formula is C17H27ClN2O. The van der Waals surface area contributed by atoms with E-state index in [9.17, 15) is 4.79 Å². The molecule has 118 valence electrons. The summed E-state index contributed by atoms with van der Waals surface area (Å²) in [7, 11) is 0. The molecule has 0 spiro atoms. The van der Waals surface area contributed by atoms with Gasteiger partial charge in [-0.25, -0.2) is 0 Å². The molecule has 0 radical (unpaired) electrons. The van der Waals surface area contributed by atoms with E-state index in [0.717, 1.165) is 25.9 Å². The first-order valence-electron chi connectivity index (χ1n) is 7.75. The van der Waals surface area contributed by atoms with Crippen molar-refractivity contribution in [3.8, 4) is 0 Å². The highest BCUT2D eigenvalue weighted by Crippen LogP contribution is 2.23. The molecule has 1 amide bonds. The molecule has 0 saturated carbocycles. The molecule has 3 atom stereocenters. The maximum absolute atomic E-state index is 12.3. The van der Waals surface area contributed by atoms with Gasteiger partial charge in [0.1, 0.15) is 0 Å². The average Bonchev–Trinajstić information content (AvgIpc) is 2.48. The van der Waals surface area contributed by atoms with Crippen LogP contribution in [0.15, 0.2) is 30.3 Å². The van der Waals surface area contributed by atoms with E-state index in [1.807, 2.05) is 18.2 Å². The summed E-state index contributed by atoms with van der Waals surface area (Å²) >= 11 is 0. The lowest BCUT2D eigenvalue weighted by Crippen LogP contribution is -2.50. The summed E-state index contributed by atoms with van der Waals surface area (Å²) < 4.78 is 0. The van der Waals surface area contributed by atoms with Gasteiger partial charge in [0.15, 0.2) is 0 Å². The van der Waals surface area contributed by atoms with Crippen LogP contribution in [0, 0.1) is 5.92 Å². The maximum atomic E-state index is 12.3. The number of hydrogen-bond acceptors (Lipinski definition) is 2. The van der Waals surface area contributed by atoms with Crippen LogP contribution in [0.5, 0.6) is 0 Å². The highest BCUT2D eigenvalue weighted by molar-refractivity contribution is 5.85. The van der Waals surface area contributed by atoms with Crippen molar-refractivity contribution < 1.29 is 4.79 Å². The van der Waals surface area contributed by atoms with Crippen molar-refractivity contribution in [2.45, 2.75) is 45.1 Å². The van der Waals surface area contributed by atoms with Gasteiger partial charge in [-0.05, 0) is 36.8 Å². The summed E-state index contributed by atoms with van der Waals surface area (Å²) in [5.74, 6) is 1.07. The zero-order valence-electron chi connectivity index (χ0n) is 13.0. The first-order chi connectivity index (χ1) is 9.70. The second kappa shape index (κ2) is 9.06. The van der Waals surface area contributed by atoms with Crippen LogP contribution in [-0.4, -0.2) is 25.0 Å². The third kappa shape index (κ3) is 5.33. The van der Waals surface area contributed by atoms with Crippen LogP contribution < -0.4 is 10.6 Å². The van der Waals surface area contributed by atoms with Crippen molar-refractivity contribution in [1.82, 2.24) is 10.6 Å². The second-order valence-corrected chi connectivity index (χ2v) is 5.86. The fraction of sp³-hybridized carbons (Fsp3) is 0.588. The predicted octanol–water partition coefficient (Wildman–Crippen LogP) is 3.11. The molecule has 1 fully saturated rings. The Labute approximate surface area is 134 Å². The van der Waals surface area contributed by atoms with Gasteiger partial charge in [0.25, 0.3) is 0 Å². The third-order valence-electron chi connectivity index (χ3n) is 4.37. The molecule has 3 unspecified atom stereocenters. The standard InChI is InChI=1S/C17H26N2O.ClH/c1-3-14(15-7-5-4-6-8-15)11-17(20)19-16-12-18-10-9-13(16)2;/h4-8,13-14,16,18H,3,9-12H2,1-2H3,(H,19,20);1H. The third-order valence-corrected chi connectivity index (χ3v) is 4.37. The second-order valence-electron chi connectivity index (χ2n) is 5.86. The van der Waals surface area contributed by atoms with Crippen LogP contribution >= 0.6 is 12.4 Å². The van der Waals surface area contributed by atoms with Crippen LogP contribution in [-0.2, 0) is 4.79 Å². The van der Waals surface area contributed by atoms with E-state index in [-0.39, 0.29) is 24.4 Å². The highest BCUT2D eigenvalue weighted by atomic mass is 35.5. The molecule has 21 heavy (non-hydrogen) atoms. The zero-order chi connectivity index (χ0) is 14.4. The molecule has 1 aromatic carbocycles. The van der Waals surface area contributed by atoms with Gasteiger partial charge in [0, 0.05) is 19.0 Å². The van der Waals surface area contributed by atoms with Gasteiger partial charge in [-0.3, -0.25) is 4.79 Å². The lowest BCUT2D eigenvalue weighted by atomic mass is 9.91. The topological polar surface area (TPSA) is 41.1 Å². The molecule has 0 aliphatic carbocycles. The molecule has 0 bridgehead atoms. The Bertz CT molecular complexity index is 424. The molecular weight excluding hydrogens is 284 g/mol. The Kier molecular flexibility index (Phi) is 7.76. The molecule has 1 aliphatic heterocycles. The van der Waals surface area contributed by atoms with Crippen molar-refractivity contribution in [3.63, 3.8) is 0 Å². The average molecular weight is 311 g/mol. The van der Waals surface area contributed by atoms with E-state index in [0.29, 0.717) is 18.3 Å². The Morgan fingerprint density at radius 2 is 2.10 bits per heavy atom. The summed E-state index contributed by atoms with van der Waals surface area (Å²) in [6.07, 6.45) is 2.72. The van der Waals surface area contributed by atoms with Crippen LogP contribution in [0.2, 0.25) is 0 Å². The van der Waals surface area contributed by atoms with E-state index in [1.165, 1.54) is 5.56 Å². The van der Waals surface area contributed by atoms with Gasteiger partial charge in [-0.1, -0.05) is 44.2 Å². The van der Waals surface area contributed by atoms with Crippen molar-refractivity contribution >= 4 is 18.3 Å². The number of nitrogens with one attached hydrogen (secondary N) is 2. The van der Waals surface area contributed by atoms with E-state index in [1.54, 1.807) is 0 Å². The van der Waals surface area contributed by atoms with Gasteiger partial charge in [0.05, 0.1) is 0 Å². The van der Waals surface area contributed by atoms with Crippen molar-refractivity contribution in [2.75, 3.05) is 13.1 Å². The SMILES string of the molecule is CCC(CC(=O)NC1CNCCC1C)c1ccccc1.Cl. The van der Waals surface area contributed by atoms with Crippen LogP contribution in [0.3, 0.4) is 0 Å². The van der Waals surface area contributed by atoms with Crippen LogP contribution in [0.25, 0.3) is 0 Å². The van der Waals surface area contributed by atoms with Gasteiger partial charge < -0.3 is 10.6 Å². The smallest absolute Gasteiger partial charge is 0.220 e. The number of rotatable bonds is 5. The molecule has 1 heterocycles. The van der Waals surface area contributed by atoms with Crippen LogP contribution in [0.4, 0.5) is 0 Å². The van der Waals surface area contributed by atoms with Crippen molar-refractivity contribution in [1.29, 1.82) is 0 Å². The quantitative estimate of drug-likeness (QED) is 0.877. The summed E-state index contributed by atoms with van der Waals surface area (Å²) in [5, 5.41) is 6.56. The number of piperidine rings is 1. The molecule has 4 heteroatoms. The first-order valence-corrected chi connectivity index (χ1v) is 7.75. The van der Waals surface area contributed by atoms with E-state index in [2.05, 4.69) is 36.6 Å². The Morgan fingerprint density at radius 3 is 2.71 bits per heavy atom. The number of carbonyl (C=O) groups is 1. The minimum absolute atomic E-state index is 0. The summed E-state index contributed by atoms with van der Waals surface area (Å²) in [4.78, 5) is 12.3. The first kappa shape index (κ1) is 18.0. The lowest BCUT2D eigenvalue weighted by Gasteiger charge is -2.30. The fourth-order valence-electron chi connectivity index (χ4n) is 2.90. The summed E-state index contributed by atoms with van der Waals surface area (Å²) in [6, 6.07) is 10.6. The van der Waals surface area contributed by atoms with Crippen LogP contribution in [0.1, 0.15) is 44.6 Å². The molecule has 1 aromatic rings. The van der Waals surface area contributed by atoms with Gasteiger partial charge in [-0.15, -0.1) is 12.4 Å². The molecule has 3 nitrogen and oxygen atoms in total. The van der Waals surface area contributed by atoms with E-state index < -0.39 is 0 Å². The number of hydrogen-bond donors (Lipinski definition) is 2. The molecule has 0 aromatic heterocycles. The summed E-state index contributed by atoms with van der Waals surface area (Å²) in [6.45, 7) is 6.33. The molecule has 2 rings (SSSR count). The largest absolute Gasteiger partial charge is 0.352 e. The Morgan fingerprint density at radius 1 is 1.38 bits per heavy atom. The number of benzene rings is 1. The molecule has 2 N–H and O–H groups in total. The lowest BCUT2D eigenvalue weighted by molar-refractivity contribution is -0.122. The Hall–Kier alpha value is -1.06. The maximum Gasteiger partial charge on any atom is 0.220 e. The summed E-state index contributed by atoms with van der Waals surface area (Å²) in [5.41, 5.74) is 1.26. The molecule has 1 saturated heterocycles. The minimum atomic E-state index is 0. The zero-order valence-corrected chi connectivity index (χ0v) is 13.8. The van der Waals surface area contributed by atoms with E-state index in [4.69, 9.17) is 0 Å². The van der Waals surface area contributed by atoms with Gasteiger partial charge in [0.2, 0.25) is 5.91 Å². The predicted molar refractivity (Wildman–Crippen MR) is 89.9 cm³/mol. The minimum Gasteiger partial charge on any atom is -0.352 e. The van der Waals surface area contributed by atoms with Gasteiger partial charge >= 0.3 is 0 Å². The van der Waals surface area contributed by atoms with E-state index >= 15 is 0 Å². The molecule has 1 aliphatic rings. The van der Waals surface area contributed by atoms with Crippen molar-refractivity contribution in [2.24, 2.45) is 5.92 Å². The number of amides is 1. The highest BCUT2D eigenvalue weighted by Gasteiger charge is 2.23. The monoisotopic (exact) mass is 310 g/mol. The van der Waals surface area contributed by atoms with Gasteiger partial charge in [-0.2, -0.15) is 0 Å².